The number of carbonyl (C=O) groups is 1. The van der Waals surface area contributed by atoms with E-state index >= 15 is 0 Å². The predicted molar refractivity (Wildman–Crippen MR) is 99.9 cm³/mol. The van der Waals surface area contributed by atoms with Gasteiger partial charge in [0.25, 0.3) is 0 Å². The Morgan fingerprint density at radius 3 is 2.92 bits per heavy atom. The molecular weight excluding hydrogens is 352 g/mol. The average molecular weight is 369 g/mol. The van der Waals surface area contributed by atoms with Gasteiger partial charge < -0.3 is 10.1 Å². The number of rotatable bonds is 5. The lowest BCUT2D eigenvalue weighted by Gasteiger charge is -2.27. The molecule has 1 N–H and O–H groups in total. The van der Waals surface area contributed by atoms with Crippen molar-refractivity contribution in [3.8, 4) is 0 Å². The maximum Gasteiger partial charge on any atom is 0.338 e. The van der Waals surface area contributed by atoms with E-state index in [0.717, 1.165) is 0 Å². The minimum Gasteiger partial charge on any atom is -0.463 e. The fourth-order valence-electron chi connectivity index (χ4n) is 2.80. The van der Waals surface area contributed by atoms with Crippen LogP contribution in [0.4, 0.5) is 4.39 Å². The van der Waals surface area contributed by atoms with Crippen molar-refractivity contribution >= 4 is 31.0 Å². The van der Waals surface area contributed by atoms with Gasteiger partial charge in [-0.3, -0.25) is 4.99 Å². The second kappa shape index (κ2) is 7.82. The van der Waals surface area contributed by atoms with Crippen molar-refractivity contribution in [3.05, 3.63) is 63.0 Å². The molecule has 3 rings (SSSR count). The third-order valence-corrected chi connectivity index (χ3v) is 4.84. The van der Waals surface area contributed by atoms with Gasteiger partial charge >= 0.3 is 5.97 Å². The van der Waals surface area contributed by atoms with Gasteiger partial charge in [0.05, 0.1) is 20.0 Å². The second-order valence-electron chi connectivity index (χ2n) is 5.61. The summed E-state index contributed by atoms with van der Waals surface area (Å²) in [4.78, 5) is 21.5. The number of amidine groups is 1. The SMILES string of the molecule is [B]CC1=C(C(=O)OCC)[C@H](c2cccc(F)c2C)N=C(c2nccs2)N1. The number of hydrogen-bond acceptors (Lipinski definition) is 6. The molecule has 1 aromatic carbocycles. The van der Waals surface area contributed by atoms with Gasteiger partial charge in [-0.1, -0.05) is 12.1 Å². The van der Waals surface area contributed by atoms with Crippen LogP contribution < -0.4 is 5.32 Å². The molecule has 0 aliphatic carbocycles. The fraction of sp³-hybridized carbons (Fsp3) is 0.278. The molecule has 1 aliphatic rings. The van der Waals surface area contributed by atoms with Crippen LogP contribution in [0.5, 0.6) is 0 Å². The zero-order chi connectivity index (χ0) is 18.7. The first-order chi connectivity index (χ1) is 12.6. The van der Waals surface area contributed by atoms with E-state index < -0.39 is 12.0 Å². The van der Waals surface area contributed by atoms with Gasteiger partial charge in [0, 0.05) is 17.3 Å². The van der Waals surface area contributed by atoms with E-state index in [2.05, 4.69) is 15.3 Å². The molecule has 0 bridgehead atoms. The lowest BCUT2D eigenvalue weighted by molar-refractivity contribution is -0.138. The van der Waals surface area contributed by atoms with Crippen LogP contribution in [-0.4, -0.2) is 31.2 Å². The number of nitrogens with one attached hydrogen (secondary N) is 1. The van der Waals surface area contributed by atoms with E-state index in [1.54, 1.807) is 32.2 Å². The second-order valence-corrected chi connectivity index (χ2v) is 6.51. The van der Waals surface area contributed by atoms with Crippen LogP contribution >= 0.6 is 11.3 Å². The van der Waals surface area contributed by atoms with Crippen LogP contribution in [0.15, 0.2) is 46.0 Å². The summed E-state index contributed by atoms with van der Waals surface area (Å²) in [7, 11) is 5.88. The van der Waals surface area contributed by atoms with Crippen molar-refractivity contribution in [2.75, 3.05) is 6.61 Å². The Bertz CT molecular complexity index is 881. The molecular formula is C18H17BFN3O2S. The first kappa shape index (κ1) is 18.3. The molecule has 26 heavy (non-hydrogen) atoms. The Balaban J connectivity index is 2.17. The smallest absolute Gasteiger partial charge is 0.338 e. The van der Waals surface area contributed by atoms with Gasteiger partial charge in [0.15, 0.2) is 10.8 Å². The standard InChI is InChI=1S/C18H17BFN3O2S/c1-3-25-18(24)14-13(9-19)22-16(17-21-7-8-26-17)23-15(14)11-5-4-6-12(20)10(11)2/h4-8,15H,3,9H2,1-2H3,(H,22,23)/t15-/m0/s1. The van der Waals surface area contributed by atoms with Gasteiger partial charge in [-0.25, -0.2) is 14.2 Å². The normalized spacial score (nSPS) is 16.9. The summed E-state index contributed by atoms with van der Waals surface area (Å²) in [6, 6.07) is 4.01. The summed E-state index contributed by atoms with van der Waals surface area (Å²) < 4.78 is 19.3. The van der Waals surface area contributed by atoms with Crippen LogP contribution in [0.3, 0.4) is 0 Å². The molecule has 2 heterocycles. The number of halogens is 1. The average Bonchev–Trinajstić information content (AvgIpc) is 3.18. The summed E-state index contributed by atoms with van der Waals surface area (Å²) >= 11 is 1.41. The van der Waals surface area contributed by atoms with Gasteiger partial charge in [-0.05, 0) is 37.4 Å². The highest BCUT2D eigenvalue weighted by atomic mass is 32.1. The molecule has 1 aliphatic heterocycles. The minimum atomic E-state index is -0.719. The number of hydrogen-bond donors (Lipinski definition) is 1. The number of esters is 1. The number of ether oxygens (including phenoxy) is 1. The molecule has 132 valence electrons. The van der Waals surface area contributed by atoms with Gasteiger partial charge in [0.1, 0.15) is 11.9 Å². The van der Waals surface area contributed by atoms with Crippen molar-refractivity contribution in [1.29, 1.82) is 0 Å². The summed E-state index contributed by atoms with van der Waals surface area (Å²) in [6.07, 6.45) is 1.75. The molecule has 0 fully saturated rings. The topological polar surface area (TPSA) is 63.6 Å². The highest BCUT2D eigenvalue weighted by Gasteiger charge is 2.33. The fourth-order valence-corrected chi connectivity index (χ4v) is 3.39. The van der Waals surface area contributed by atoms with Crippen molar-refractivity contribution in [3.63, 3.8) is 0 Å². The van der Waals surface area contributed by atoms with E-state index in [1.807, 2.05) is 5.38 Å². The van der Waals surface area contributed by atoms with Crippen LogP contribution in [0.25, 0.3) is 0 Å². The van der Waals surface area contributed by atoms with Crippen molar-refractivity contribution in [1.82, 2.24) is 10.3 Å². The maximum absolute atomic E-state index is 14.1. The quantitative estimate of drug-likeness (QED) is 0.650. The van der Waals surface area contributed by atoms with Crippen molar-refractivity contribution < 1.29 is 13.9 Å². The number of benzene rings is 1. The zero-order valence-corrected chi connectivity index (χ0v) is 15.3. The summed E-state index contributed by atoms with van der Waals surface area (Å²) in [6.45, 7) is 3.61. The highest BCUT2D eigenvalue weighted by Crippen LogP contribution is 2.35. The zero-order valence-electron chi connectivity index (χ0n) is 14.5. The molecule has 5 nitrogen and oxygen atoms in total. The Kier molecular flexibility index (Phi) is 5.51. The van der Waals surface area contributed by atoms with E-state index in [4.69, 9.17) is 12.6 Å². The lowest BCUT2D eigenvalue weighted by atomic mass is 9.88. The van der Waals surface area contributed by atoms with E-state index in [1.165, 1.54) is 17.4 Å². The Hall–Kier alpha value is -2.48. The van der Waals surface area contributed by atoms with E-state index in [9.17, 15) is 9.18 Å². The molecule has 0 saturated carbocycles. The first-order valence-corrected chi connectivity index (χ1v) is 9.04. The summed E-state index contributed by atoms with van der Waals surface area (Å²) in [5, 5.41) is 5.58. The monoisotopic (exact) mass is 369 g/mol. The molecule has 2 aromatic rings. The number of allylic oxidation sites excluding steroid dienone is 1. The van der Waals surface area contributed by atoms with Gasteiger partial charge in [0.2, 0.25) is 0 Å². The van der Waals surface area contributed by atoms with Crippen molar-refractivity contribution in [2.45, 2.75) is 26.2 Å². The van der Waals surface area contributed by atoms with Crippen LogP contribution in [-0.2, 0) is 9.53 Å². The Labute approximate surface area is 156 Å². The molecule has 2 radical (unpaired) electrons. The van der Waals surface area contributed by atoms with Crippen molar-refractivity contribution in [2.24, 2.45) is 4.99 Å². The predicted octanol–water partition coefficient (Wildman–Crippen LogP) is 3.09. The number of carbonyl (C=O) groups excluding carboxylic acids is 1. The summed E-state index contributed by atoms with van der Waals surface area (Å²) in [5.74, 6) is -0.372. The first-order valence-electron chi connectivity index (χ1n) is 8.16. The molecule has 1 aromatic heterocycles. The minimum absolute atomic E-state index is 0.0867. The molecule has 0 saturated heterocycles. The van der Waals surface area contributed by atoms with Crippen LogP contribution in [0.2, 0.25) is 6.32 Å². The molecule has 1 atom stereocenters. The number of aromatic nitrogens is 1. The van der Waals surface area contributed by atoms with Crippen LogP contribution in [0.1, 0.15) is 29.1 Å². The number of nitrogens with zero attached hydrogens (tertiary/aromatic N) is 2. The maximum atomic E-state index is 14.1. The molecule has 0 spiro atoms. The molecule has 0 amide bonds. The van der Waals surface area contributed by atoms with Gasteiger partial charge in [-0.2, -0.15) is 0 Å². The highest BCUT2D eigenvalue weighted by molar-refractivity contribution is 7.11. The van der Waals surface area contributed by atoms with E-state index in [0.29, 0.717) is 33.2 Å². The molecule has 0 unspecified atom stereocenters. The Morgan fingerprint density at radius 2 is 2.27 bits per heavy atom. The third kappa shape index (κ3) is 3.42. The number of aliphatic imine (C=N–C) groups is 1. The van der Waals surface area contributed by atoms with Gasteiger partial charge in [-0.15, -0.1) is 11.3 Å². The Morgan fingerprint density at radius 1 is 1.46 bits per heavy atom. The van der Waals surface area contributed by atoms with E-state index in [-0.39, 0.29) is 18.7 Å². The molecule has 8 heteroatoms. The largest absolute Gasteiger partial charge is 0.463 e. The van der Waals surface area contributed by atoms with Crippen LogP contribution in [0, 0.1) is 12.7 Å². The summed E-state index contributed by atoms with van der Waals surface area (Å²) in [5.41, 5.74) is 1.81. The third-order valence-electron chi connectivity index (χ3n) is 4.06. The lowest BCUT2D eigenvalue weighted by Crippen LogP contribution is -2.34. The number of thiazole rings is 1.